The minimum atomic E-state index is -0.376. The Balaban J connectivity index is 2.07. The van der Waals surface area contributed by atoms with E-state index in [0.717, 1.165) is 0 Å². The molecule has 2 amide bonds. The van der Waals surface area contributed by atoms with E-state index in [9.17, 15) is 14.0 Å². The molecule has 0 saturated carbocycles. The molecule has 0 heterocycles. The SMILES string of the molecule is CC(=O)Nc1ccccc1NC(=O)Cc1cccc(F)c1. The van der Waals surface area contributed by atoms with Crippen molar-refractivity contribution in [2.24, 2.45) is 0 Å². The van der Waals surface area contributed by atoms with Gasteiger partial charge in [0, 0.05) is 6.92 Å². The van der Waals surface area contributed by atoms with Crippen LogP contribution in [0.25, 0.3) is 0 Å². The van der Waals surface area contributed by atoms with E-state index in [0.29, 0.717) is 16.9 Å². The lowest BCUT2D eigenvalue weighted by molar-refractivity contribution is -0.116. The number of carbonyl (C=O) groups is 2. The fourth-order valence-electron chi connectivity index (χ4n) is 1.92. The molecule has 0 fully saturated rings. The van der Waals surface area contributed by atoms with E-state index in [1.54, 1.807) is 36.4 Å². The van der Waals surface area contributed by atoms with E-state index in [1.807, 2.05) is 0 Å². The normalized spacial score (nSPS) is 10.0. The Bertz CT molecular complexity index is 671. The van der Waals surface area contributed by atoms with Crippen LogP contribution in [0.15, 0.2) is 48.5 Å². The van der Waals surface area contributed by atoms with Crippen molar-refractivity contribution < 1.29 is 14.0 Å². The summed E-state index contributed by atoms with van der Waals surface area (Å²) < 4.78 is 13.1. The number of hydrogen-bond acceptors (Lipinski definition) is 2. The number of nitrogens with one attached hydrogen (secondary N) is 2. The third kappa shape index (κ3) is 4.42. The molecular weight excluding hydrogens is 271 g/mol. The van der Waals surface area contributed by atoms with Crippen molar-refractivity contribution in [3.05, 3.63) is 59.9 Å². The van der Waals surface area contributed by atoms with Crippen molar-refractivity contribution in [3.8, 4) is 0 Å². The van der Waals surface area contributed by atoms with Gasteiger partial charge in [0.15, 0.2) is 0 Å². The van der Waals surface area contributed by atoms with E-state index in [-0.39, 0.29) is 24.1 Å². The van der Waals surface area contributed by atoms with Gasteiger partial charge < -0.3 is 10.6 Å². The van der Waals surface area contributed by atoms with Gasteiger partial charge in [-0.05, 0) is 29.8 Å². The minimum Gasteiger partial charge on any atom is -0.325 e. The number of rotatable bonds is 4. The quantitative estimate of drug-likeness (QED) is 0.907. The molecule has 108 valence electrons. The Labute approximate surface area is 122 Å². The van der Waals surface area contributed by atoms with Crippen molar-refractivity contribution in [2.45, 2.75) is 13.3 Å². The Morgan fingerprint density at radius 3 is 2.29 bits per heavy atom. The average molecular weight is 286 g/mol. The molecule has 0 saturated heterocycles. The fourth-order valence-corrected chi connectivity index (χ4v) is 1.92. The summed E-state index contributed by atoms with van der Waals surface area (Å²) in [6.07, 6.45) is 0.0617. The molecule has 2 aromatic rings. The minimum absolute atomic E-state index is 0.0617. The Hall–Kier alpha value is -2.69. The second-order valence-corrected chi connectivity index (χ2v) is 4.58. The highest BCUT2D eigenvalue weighted by Crippen LogP contribution is 2.21. The first-order chi connectivity index (χ1) is 10.0. The standard InChI is InChI=1S/C16H15FN2O2/c1-11(20)18-14-7-2-3-8-15(14)19-16(21)10-12-5-4-6-13(17)9-12/h2-9H,10H2,1H3,(H,18,20)(H,19,21). The number of halogens is 1. The fraction of sp³-hybridized carbons (Fsp3) is 0.125. The first-order valence-corrected chi connectivity index (χ1v) is 6.45. The molecule has 2 aromatic carbocycles. The molecular formula is C16H15FN2O2. The van der Waals surface area contributed by atoms with Crippen LogP contribution in [0.3, 0.4) is 0 Å². The van der Waals surface area contributed by atoms with Crippen molar-refractivity contribution in [2.75, 3.05) is 10.6 Å². The van der Waals surface area contributed by atoms with Crippen LogP contribution in [0.5, 0.6) is 0 Å². The lowest BCUT2D eigenvalue weighted by atomic mass is 10.1. The van der Waals surface area contributed by atoms with Crippen molar-refractivity contribution in [3.63, 3.8) is 0 Å². The molecule has 0 aliphatic heterocycles. The third-order valence-electron chi connectivity index (χ3n) is 2.77. The van der Waals surface area contributed by atoms with E-state index in [2.05, 4.69) is 10.6 Å². The van der Waals surface area contributed by atoms with Crippen LogP contribution in [0, 0.1) is 5.82 Å². The molecule has 0 spiro atoms. The lowest BCUT2D eigenvalue weighted by Crippen LogP contribution is -2.16. The van der Waals surface area contributed by atoms with E-state index in [4.69, 9.17) is 0 Å². The second kappa shape index (κ2) is 6.65. The molecule has 0 aliphatic carbocycles. The number of anilines is 2. The summed E-state index contributed by atoms with van der Waals surface area (Å²) in [5, 5.41) is 5.35. The first-order valence-electron chi connectivity index (χ1n) is 6.45. The van der Waals surface area contributed by atoms with Gasteiger partial charge in [-0.25, -0.2) is 4.39 Å². The van der Waals surface area contributed by atoms with Gasteiger partial charge in [0.2, 0.25) is 11.8 Å². The maximum atomic E-state index is 13.1. The topological polar surface area (TPSA) is 58.2 Å². The largest absolute Gasteiger partial charge is 0.325 e. The molecule has 21 heavy (non-hydrogen) atoms. The maximum absolute atomic E-state index is 13.1. The molecule has 0 aromatic heterocycles. The van der Waals surface area contributed by atoms with Crippen LogP contribution in [0.2, 0.25) is 0 Å². The van der Waals surface area contributed by atoms with E-state index < -0.39 is 0 Å². The third-order valence-corrected chi connectivity index (χ3v) is 2.77. The van der Waals surface area contributed by atoms with Gasteiger partial charge in [0.05, 0.1) is 17.8 Å². The maximum Gasteiger partial charge on any atom is 0.228 e. The summed E-state index contributed by atoms with van der Waals surface area (Å²) in [5.74, 6) is -0.876. The van der Waals surface area contributed by atoms with Crippen molar-refractivity contribution in [1.82, 2.24) is 0 Å². The number of benzene rings is 2. The Kier molecular flexibility index (Phi) is 4.66. The predicted octanol–water partition coefficient (Wildman–Crippen LogP) is 2.97. The zero-order valence-electron chi connectivity index (χ0n) is 11.5. The highest BCUT2D eigenvalue weighted by molar-refractivity contribution is 5.99. The van der Waals surface area contributed by atoms with Gasteiger partial charge in [-0.2, -0.15) is 0 Å². The summed E-state index contributed by atoms with van der Waals surface area (Å²) in [6.45, 7) is 1.39. The second-order valence-electron chi connectivity index (χ2n) is 4.58. The average Bonchev–Trinajstić information content (AvgIpc) is 2.40. The zero-order chi connectivity index (χ0) is 15.2. The molecule has 5 heteroatoms. The van der Waals surface area contributed by atoms with Crippen molar-refractivity contribution >= 4 is 23.2 Å². The van der Waals surface area contributed by atoms with Gasteiger partial charge in [-0.1, -0.05) is 24.3 Å². The Morgan fingerprint density at radius 2 is 1.67 bits per heavy atom. The van der Waals surface area contributed by atoms with Crippen LogP contribution in [-0.4, -0.2) is 11.8 Å². The molecule has 0 unspecified atom stereocenters. The number of para-hydroxylation sites is 2. The summed E-state index contributed by atoms with van der Waals surface area (Å²) in [7, 11) is 0. The van der Waals surface area contributed by atoms with Gasteiger partial charge in [-0.3, -0.25) is 9.59 Å². The van der Waals surface area contributed by atoms with E-state index in [1.165, 1.54) is 19.1 Å². The number of amides is 2. The summed E-state index contributed by atoms with van der Waals surface area (Å²) in [6, 6.07) is 12.8. The molecule has 0 aliphatic rings. The molecule has 0 atom stereocenters. The summed E-state index contributed by atoms with van der Waals surface area (Å²) in [4.78, 5) is 23.1. The molecule has 2 N–H and O–H groups in total. The van der Waals surface area contributed by atoms with Crippen LogP contribution in [-0.2, 0) is 16.0 Å². The molecule has 4 nitrogen and oxygen atoms in total. The molecule has 0 radical (unpaired) electrons. The predicted molar refractivity (Wildman–Crippen MR) is 79.5 cm³/mol. The van der Waals surface area contributed by atoms with E-state index >= 15 is 0 Å². The van der Waals surface area contributed by atoms with Crippen molar-refractivity contribution in [1.29, 1.82) is 0 Å². The van der Waals surface area contributed by atoms with Gasteiger partial charge in [-0.15, -0.1) is 0 Å². The highest BCUT2D eigenvalue weighted by atomic mass is 19.1. The van der Waals surface area contributed by atoms with Crippen LogP contribution in [0.1, 0.15) is 12.5 Å². The number of hydrogen-bond donors (Lipinski definition) is 2. The first kappa shape index (κ1) is 14.7. The van der Waals surface area contributed by atoms with Crippen LogP contribution >= 0.6 is 0 Å². The van der Waals surface area contributed by atoms with Crippen LogP contribution < -0.4 is 10.6 Å². The summed E-state index contributed by atoms with van der Waals surface area (Å²) >= 11 is 0. The highest BCUT2D eigenvalue weighted by Gasteiger charge is 2.08. The zero-order valence-corrected chi connectivity index (χ0v) is 11.5. The smallest absolute Gasteiger partial charge is 0.228 e. The number of carbonyl (C=O) groups excluding carboxylic acids is 2. The van der Waals surface area contributed by atoms with Gasteiger partial charge in [0.25, 0.3) is 0 Å². The van der Waals surface area contributed by atoms with Gasteiger partial charge in [0.1, 0.15) is 5.82 Å². The van der Waals surface area contributed by atoms with Gasteiger partial charge >= 0.3 is 0 Å². The molecule has 2 rings (SSSR count). The summed E-state index contributed by atoms with van der Waals surface area (Å²) in [5.41, 5.74) is 1.62. The van der Waals surface area contributed by atoms with Crippen LogP contribution in [0.4, 0.5) is 15.8 Å². The Morgan fingerprint density at radius 1 is 1.00 bits per heavy atom. The molecule has 0 bridgehead atoms. The lowest BCUT2D eigenvalue weighted by Gasteiger charge is -2.11. The monoisotopic (exact) mass is 286 g/mol.